The Hall–Kier alpha value is -2.73. The van der Waals surface area contributed by atoms with Crippen molar-refractivity contribution in [3.63, 3.8) is 0 Å². The predicted molar refractivity (Wildman–Crippen MR) is 97.5 cm³/mol. The second kappa shape index (κ2) is 8.39. The molecule has 0 radical (unpaired) electrons. The fourth-order valence-corrected chi connectivity index (χ4v) is 2.47. The van der Waals surface area contributed by atoms with Crippen molar-refractivity contribution in [2.75, 3.05) is 13.1 Å². The van der Waals surface area contributed by atoms with E-state index in [0.29, 0.717) is 41.2 Å². The Bertz CT molecular complexity index is 783. The summed E-state index contributed by atoms with van der Waals surface area (Å²) in [5, 5.41) is 19.5. The number of benzene rings is 1. The van der Waals surface area contributed by atoms with Gasteiger partial charge < -0.3 is 15.1 Å². The van der Waals surface area contributed by atoms with Crippen LogP contribution in [-0.2, 0) is 6.61 Å². The van der Waals surface area contributed by atoms with Crippen LogP contribution in [0.5, 0.6) is 5.75 Å². The zero-order valence-electron chi connectivity index (χ0n) is 14.7. The smallest absolute Gasteiger partial charge is 0.253 e. The van der Waals surface area contributed by atoms with Gasteiger partial charge in [-0.2, -0.15) is 0 Å². The normalized spacial score (nSPS) is 11.0. The molecule has 6 heteroatoms. The number of amides is 1. The minimum atomic E-state index is -0.247. The van der Waals surface area contributed by atoms with E-state index in [1.165, 1.54) is 12.4 Å². The van der Waals surface area contributed by atoms with E-state index in [-0.39, 0.29) is 18.3 Å². The number of carbonyl (C=O) groups excluding carboxylic acids is 1. The first kappa shape index (κ1) is 18.6. The van der Waals surface area contributed by atoms with E-state index in [4.69, 9.17) is 0 Å². The maximum Gasteiger partial charge on any atom is 0.253 e. The summed E-state index contributed by atoms with van der Waals surface area (Å²) in [4.78, 5) is 22.5. The molecule has 0 aliphatic heterocycles. The van der Waals surface area contributed by atoms with E-state index < -0.39 is 0 Å². The number of carbonyl (C=O) groups is 1. The molecule has 132 valence electrons. The van der Waals surface area contributed by atoms with E-state index in [1.807, 2.05) is 13.8 Å². The molecule has 6 nitrogen and oxygen atoms in total. The Kier molecular flexibility index (Phi) is 6.25. The highest BCUT2D eigenvalue weighted by molar-refractivity contribution is 5.95. The summed E-state index contributed by atoms with van der Waals surface area (Å²) in [7, 11) is 0. The lowest BCUT2D eigenvalue weighted by atomic mass is 10.1. The standard InChI is InChI=1S/C19H23N3O3/c1-4-22(5-2)19(25)14-7-6-8-16(9-14)21-11-17-15(12-23)10-20-13(3)18(17)24/h6-11,23-24H,4-5,12H2,1-3H3. The molecule has 2 rings (SSSR count). The SMILES string of the molecule is CCN(CC)C(=O)c1cccc(N=Cc2c(CO)cnc(C)c2O)c1. The van der Waals surface area contributed by atoms with Crippen LogP contribution in [0.3, 0.4) is 0 Å². The number of aliphatic hydroxyl groups excluding tert-OH is 1. The lowest BCUT2D eigenvalue weighted by Gasteiger charge is -2.18. The molecule has 0 saturated heterocycles. The van der Waals surface area contributed by atoms with Gasteiger partial charge in [0.2, 0.25) is 0 Å². The van der Waals surface area contributed by atoms with Crippen molar-refractivity contribution in [3.8, 4) is 5.75 Å². The number of aromatic nitrogens is 1. The van der Waals surface area contributed by atoms with Crippen molar-refractivity contribution < 1.29 is 15.0 Å². The van der Waals surface area contributed by atoms with Crippen LogP contribution >= 0.6 is 0 Å². The molecular formula is C19H23N3O3. The Morgan fingerprint density at radius 3 is 2.68 bits per heavy atom. The van der Waals surface area contributed by atoms with Crippen molar-refractivity contribution in [3.05, 3.63) is 52.8 Å². The van der Waals surface area contributed by atoms with E-state index >= 15 is 0 Å². The van der Waals surface area contributed by atoms with Gasteiger partial charge in [0.05, 0.1) is 18.0 Å². The maximum atomic E-state index is 12.4. The van der Waals surface area contributed by atoms with Gasteiger partial charge in [-0.3, -0.25) is 14.8 Å². The van der Waals surface area contributed by atoms with Crippen molar-refractivity contribution in [2.24, 2.45) is 4.99 Å². The fourth-order valence-electron chi connectivity index (χ4n) is 2.47. The zero-order chi connectivity index (χ0) is 18.4. The molecule has 0 unspecified atom stereocenters. The number of aliphatic hydroxyl groups is 1. The third kappa shape index (κ3) is 4.22. The number of hydrogen-bond donors (Lipinski definition) is 2. The second-order valence-electron chi connectivity index (χ2n) is 5.58. The number of aromatic hydroxyl groups is 1. The quantitative estimate of drug-likeness (QED) is 0.791. The molecule has 1 aromatic carbocycles. The number of aliphatic imine (C=N–C) groups is 1. The number of nitrogens with zero attached hydrogens (tertiary/aromatic N) is 3. The summed E-state index contributed by atoms with van der Waals surface area (Å²) in [6.07, 6.45) is 2.99. The third-order valence-corrected chi connectivity index (χ3v) is 4.01. The molecule has 0 fully saturated rings. The maximum absolute atomic E-state index is 12.4. The summed E-state index contributed by atoms with van der Waals surface area (Å²) in [5.41, 5.74) is 2.54. The Morgan fingerprint density at radius 2 is 2.04 bits per heavy atom. The van der Waals surface area contributed by atoms with Gasteiger partial charge >= 0.3 is 0 Å². The van der Waals surface area contributed by atoms with Crippen LogP contribution in [0.25, 0.3) is 0 Å². The molecule has 2 aromatic rings. The molecular weight excluding hydrogens is 318 g/mol. The molecule has 25 heavy (non-hydrogen) atoms. The molecule has 2 N–H and O–H groups in total. The van der Waals surface area contributed by atoms with Gasteiger partial charge in [-0.05, 0) is 39.0 Å². The average molecular weight is 341 g/mol. The topological polar surface area (TPSA) is 86.0 Å². The molecule has 1 amide bonds. The lowest BCUT2D eigenvalue weighted by Crippen LogP contribution is -2.30. The van der Waals surface area contributed by atoms with Crippen LogP contribution in [0.15, 0.2) is 35.5 Å². The molecule has 0 saturated carbocycles. The number of hydrogen-bond acceptors (Lipinski definition) is 5. The molecule has 0 atom stereocenters. The van der Waals surface area contributed by atoms with Crippen molar-refractivity contribution in [1.29, 1.82) is 0 Å². The van der Waals surface area contributed by atoms with Gasteiger partial charge in [-0.15, -0.1) is 0 Å². The Morgan fingerprint density at radius 1 is 1.32 bits per heavy atom. The molecule has 1 heterocycles. The van der Waals surface area contributed by atoms with E-state index in [1.54, 1.807) is 36.1 Å². The summed E-state index contributed by atoms with van der Waals surface area (Å²) in [5.74, 6) is -0.0497. The van der Waals surface area contributed by atoms with E-state index in [2.05, 4.69) is 9.98 Å². The summed E-state index contributed by atoms with van der Waals surface area (Å²) >= 11 is 0. The second-order valence-corrected chi connectivity index (χ2v) is 5.58. The molecule has 1 aromatic heterocycles. The molecule has 0 aliphatic carbocycles. The van der Waals surface area contributed by atoms with E-state index in [0.717, 1.165) is 0 Å². The first-order chi connectivity index (χ1) is 12.0. The van der Waals surface area contributed by atoms with Gasteiger partial charge in [-0.1, -0.05) is 6.07 Å². The van der Waals surface area contributed by atoms with Crippen LogP contribution in [0.4, 0.5) is 5.69 Å². The van der Waals surface area contributed by atoms with Crippen molar-refractivity contribution in [2.45, 2.75) is 27.4 Å². The zero-order valence-corrected chi connectivity index (χ0v) is 14.7. The molecule has 0 aliphatic rings. The predicted octanol–water partition coefficient (Wildman–Crippen LogP) is 2.82. The number of rotatable bonds is 6. The summed E-state index contributed by atoms with van der Waals surface area (Å²) < 4.78 is 0. The highest BCUT2D eigenvalue weighted by Crippen LogP contribution is 2.23. The van der Waals surface area contributed by atoms with Gasteiger partial charge in [0.15, 0.2) is 0 Å². The largest absolute Gasteiger partial charge is 0.505 e. The lowest BCUT2D eigenvalue weighted by molar-refractivity contribution is 0.0773. The first-order valence-corrected chi connectivity index (χ1v) is 8.23. The first-order valence-electron chi connectivity index (χ1n) is 8.23. The van der Waals surface area contributed by atoms with Crippen LogP contribution in [0.2, 0.25) is 0 Å². The van der Waals surface area contributed by atoms with Crippen molar-refractivity contribution in [1.82, 2.24) is 9.88 Å². The van der Waals surface area contributed by atoms with Gasteiger partial charge in [0.25, 0.3) is 5.91 Å². The minimum Gasteiger partial charge on any atom is -0.505 e. The average Bonchev–Trinajstić information content (AvgIpc) is 2.64. The Labute approximate surface area is 147 Å². The van der Waals surface area contributed by atoms with Gasteiger partial charge in [-0.25, -0.2) is 0 Å². The number of aryl methyl sites for hydroxylation is 1. The van der Waals surface area contributed by atoms with Crippen LogP contribution in [0.1, 0.15) is 41.0 Å². The summed E-state index contributed by atoms with van der Waals surface area (Å²) in [6, 6.07) is 7.01. The van der Waals surface area contributed by atoms with Gasteiger partial charge in [0.1, 0.15) is 5.75 Å². The fraction of sp³-hybridized carbons (Fsp3) is 0.316. The minimum absolute atomic E-state index is 0.00864. The van der Waals surface area contributed by atoms with Crippen LogP contribution < -0.4 is 0 Å². The van der Waals surface area contributed by atoms with Crippen LogP contribution in [0, 0.1) is 6.92 Å². The summed E-state index contributed by atoms with van der Waals surface area (Å²) in [6.45, 7) is 6.60. The molecule has 0 spiro atoms. The van der Waals surface area contributed by atoms with E-state index in [9.17, 15) is 15.0 Å². The number of pyridine rings is 1. The van der Waals surface area contributed by atoms with Gasteiger partial charge in [0, 0.05) is 42.2 Å². The van der Waals surface area contributed by atoms with Crippen LogP contribution in [-0.4, -0.2) is 45.3 Å². The monoisotopic (exact) mass is 341 g/mol. The Balaban J connectivity index is 2.33. The third-order valence-electron chi connectivity index (χ3n) is 4.01. The van der Waals surface area contributed by atoms with Crippen molar-refractivity contribution >= 4 is 17.8 Å². The highest BCUT2D eigenvalue weighted by atomic mass is 16.3. The molecule has 0 bridgehead atoms. The highest BCUT2D eigenvalue weighted by Gasteiger charge is 2.13.